The van der Waals surface area contributed by atoms with Gasteiger partial charge >= 0.3 is 42.3 Å². The van der Waals surface area contributed by atoms with Crippen molar-refractivity contribution in [3.05, 3.63) is 12.7 Å². The smallest absolute Gasteiger partial charge is 0.460 e. The SMILES string of the molecule is C=CC(=O)OCCNC(=O)OCC(C)OC(=O)C(F)(OC(F)(F)C(C)(F)C(F)(F)F)C(F)(F)F. The van der Waals surface area contributed by atoms with Crippen LogP contribution in [0.25, 0.3) is 0 Å². The van der Waals surface area contributed by atoms with Gasteiger partial charge in [0.2, 0.25) is 0 Å². The zero-order chi connectivity index (χ0) is 27.2. The fraction of sp³-hybridized carbons (Fsp3) is 0.688. The number of nitrogens with one attached hydrogen (secondary N) is 1. The van der Waals surface area contributed by atoms with Gasteiger partial charge in [0.1, 0.15) is 19.3 Å². The van der Waals surface area contributed by atoms with Crippen LogP contribution >= 0.6 is 0 Å². The molecule has 0 bridgehead atoms. The maximum Gasteiger partial charge on any atom is 0.460 e. The van der Waals surface area contributed by atoms with E-state index in [1.807, 2.05) is 5.32 Å². The van der Waals surface area contributed by atoms with Gasteiger partial charge in [0, 0.05) is 6.08 Å². The topological polar surface area (TPSA) is 100 Å². The largest absolute Gasteiger partial charge is 0.461 e. The van der Waals surface area contributed by atoms with Crippen LogP contribution in [-0.2, 0) is 28.5 Å². The molecule has 18 heteroatoms. The Labute approximate surface area is 184 Å². The summed E-state index contributed by atoms with van der Waals surface area (Å²) in [5, 5.41) is 1.95. The van der Waals surface area contributed by atoms with E-state index >= 15 is 0 Å². The van der Waals surface area contributed by atoms with E-state index in [4.69, 9.17) is 0 Å². The molecule has 0 aliphatic heterocycles. The third kappa shape index (κ3) is 7.91. The van der Waals surface area contributed by atoms with Crippen molar-refractivity contribution in [2.75, 3.05) is 19.8 Å². The second-order valence-corrected chi connectivity index (χ2v) is 6.33. The van der Waals surface area contributed by atoms with Gasteiger partial charge < -0.3 is 19.5 Å². The number of esters is 2. The lowest BCUT2D eigenvalue weighted by Crippen LogP contribution is -2.62. The summed E-state index contributed by atoms with van der Waals surface area (Å²) in [6, 6.07) is 0. The Kier molecular flexibility index (Phi) is 10.2. The monoisotopic (exact) mass is 525 g/mol. The van der Waals surface area contributed by atoms with Crippen LogP contribution in [0, 0.1) is 0 Å². The van der Waals surface area contributed by atoms with Crippen LogP contribution in [0.2, 0.25) is 0 Å². The summed E-state index contributed by atoms with van der Waals surface area (Å²) in [4.78, 5) is 33.6. The fourth-order valence-electron chi connectivity index (χ4n) is 1.55. The highest BCUT2D eigenvalue weighted by molar-refractivity contribution is 5.81. The lowest BCUT2D eigenvalue weighted by Gasteiger charge is -2.36. The molecule has 0 aromatic rings. The van der Waals surface area contributed by atoms with Crippen molar-refractivity contribution in [1.82, 2.24) is 5.32 Å². The van der Waals surface area contributed by atoms with E-state index in [9.17, 15) is 58.3 Å². The molecule has 198 valence electrons. The number of amides is 1. The molecule has 0 heterocycles. The number of carbonyl (C=O) groups excluding carboxylic acids is 3. The molecule has 0 saturated heterocycles. The summed E-state index contributed by atoms with van der Waals surface area (Å²) in [7, 11) is 0. The van der Waals surface area contributed by atoms with Crippen LogP contribution in [0.4, 0.5) is 48.7 Å². The summed E-state index contributed by atoms with van der Waals surface area (Å²) in [5.74, 6) is -10.4. The summed E-state index contributed by atoms with van der Waals surface area (Å²) in [5.41, 5.74) is -5.85. The van der Waals surface area contributed by atoms with Gasteiger partial charge in [0.05, 0.1) is 6.54 Å². The minimum atomic E-state index is -6.75. The van der Waals surface area contributed by atoms with Gasteiger partial charge in [-0.1, -0.05) is 6.58 Å². The molecule has 0 radical (unpaired) electrons. The van der Waals surface area contributed by atoms with Crippen LogP contribution in [0.15, 0.2) is 12.7 Å². The third-order valence-corrected chi connectivity index (χ3v) is 3.51. The molecule has 0 fully saturated rings. The Morgan fingerprint density at radius 3 is 1.91 bits per heavy atom. The van der Waals surface area contributed by atoms with Gasteiger partial charge in [-0.15, -0.1) is 0 Å². The van der Waals surface area contributed by atoms with Crippen molar-refractivity contribution in [3.63, 3.8) is 0 Å². The first-order chi connectivity index (χ1) is 15.1. The summed E-state index contributed by atoms with van der Waals surface area (Å²) in [6.45, 7) is 0.991. The molecule has 1 N–H and O–H groups in total. The average Bonchev–Trinajstić information content (AvgIpc) is 2.67. The van der Waals surface area contributed by atoms with Crippen molar-refractivity contribution < 1.29 is 77.2 Å². The molecule has 1 amide bonds. The Morgan fingerprint density at radius 1 is 0.941 bits per heavy atom. The molecule has 0 saturated carbocycles. The number of rotatable bonds is 11. The minimum absolute atomic E-state index is 0.335. The summed E-state index contributed by atoms with van der Waals surface area (Å²) < 4.78 is 146. The number of carbonyl (C=O) groups is 3. The van der Waals surface area contributed by atoms with E-state index in [1.165, 1.54) is 0 Å². The molecular weight excluding hydrogens is 508 g/mol. The van der Waals surface area contributed by atoms with Gasteiger partial charge in [-0.2, -0.15) is 39.5 Å². The van der Waals surface area contributed by atoms with E-state index in [0.29, 0.717) is 6.92 Å². The molecular formula is C16H17F10NO7. The molecule has 34 heavy (non-hydrogen) atoms. The van der Waals surface area contributed by atoms with Crippen LogP contribution in [0.3, 0.4) is 0 Å². The Bertz CT molecular complexity index is 753. The van der Waals surface area contributed by atoms with Crippen molar-refractivity contribution >= 4 is 18.0 Å². The van der Waals surface area contributed by atoms with Gasteiger partial charge in [-0.05, 0) is 13.8 Å². The number of halogens is 10. The Morgan fingerprint density at radius 2 is 1.47 bits per heavy atom. The first-order valence-electron chi connectivity index (χ1n) is 8.62. The van der Waals surface area contributed by atoms with Crippen molar-refractivity contribution in [2.24, 2.45) is 0 Å². The number of hydrogen-bond donors (Lipinski definition) is 1. The quantitative estimate of drug-likeness (QED) is 0.145. The van der Waals surface area contributed by atoms with Crippen LogP contribution in [0.1, 0.15) is 13.8 Å². The van der Waals surface area contributed by atoms with Gasteiger partial charge in [-0.25, -0.2) is 18.8 Å². The van der Waals surface area contributed by atoms with Gasteiger partial charge in [0.25, 0.3) is 5.67 Å². The lowest BCUT2D eigenvalue weighted by atomic mass is 10.1. The normalized spacial score (nSPS) is 16.9. The maximum absolute atomic E-state index is 14.2. The molecule has 3 unspecified atom stereocenters. The zero-order valence-corrected chi connectivity index (χ0v) is 17.1. The first kappa shape index (κ1) is 31.2. The summed E-state index contributed by atoms with van der Waals surface area (Å²) in [6.07, 6.45) is -22.4. The van der Waals surface area contributed by atoms with E-state index in [1.54, 1.807) is 0 Å². The van der Waals surface area contributed by atoms with Gasteiger partial charge in [0.15, 0.2) is 0 Å². The molecule has 0 spiro atoms. The predicted molar refractivity (Wildman–Crippen MR) is 87.6 cm³/mol. The van der Waals surface area contributed by atoms with E-state index in [2.05, 4.69) is 25.5 Å². The Hall–Kier alpha value is -2.79. The minimum Gasteiger partial charge on any atom is -0.461 e. The van der Waals surface area contributed by atoms with E-state index in [0.717, 1.165) is 6.08 Å². The van der Waals surface area contributed by atoms with Gasteiger partial charge in [-0.3, -0.25) is 4.74 Å². The van der Waals surface area contributed by atoms with E-state index < -0.39 is 67.7 Å². The molecule has 0 aromatic carbocycles. The molecule has 0 aliphatic carbocycles. The predicted octanol–water partition coefficient (Wildman–Crippen LogP) is 3.50. The maximum atomic E-state index is 14.2. The first-order valence-corrected chi connectivity index (χ1v) is 8.62. The third-order valence-electron chi connectivity index (χ3n) is 3.51. The molecule has 0 aliphatic rings. The second-order valence-electron chi connectivity index (χ2n) is 6.33. The molecule has 8 nitrogen and oxygen atoms in total. The molecule has 3 atom stereocenters. The van der Waals surface area contributed by atoms with Crippen LogP contribution in [0.5, 0.6) is 0 Å². The summed E-state index contributed by atoms with van der Waals surface area (Å²) >= 11 is 0. The second kappa shape index (κ2) is 11.1. The molecule has 0 rings (SSSR count). The zero-order valence-electron chi connectivity index (χ0n) is 17.1. The highest BCUT2D eigenvalue weighted by Crippen LogP contribution is 2.50. The van der Waals surface area contributed by atoms with Crippen molar-refractivity contribution in [2.45, 2.75) is 49.9 Å². The fourth-order valence-corrected chi connectivity index (χ4v) is 1.55. The Balaban J connectivity index is 5.19. The van der Waals surface area contributed by atoms with Crippen LogP contribution in [-0.4, -0.2) is 73.9 Å². The number of alkyl carbamates (subject to hydrolysis) is 1. The van der Waals surface area contributed by atoms with E-state index in [-0.39, 0.29) is 13.2 Å². The highest BCUT2D eigenvalue weighted by Gasteiger charge is 2.77. The average molecular weight is 525 g/mol. The lowest BCUT2D eigenvalue weighted by molar-refractivity contribution is -0.448. The number of hydrogen-bond acceptors (Lipinski definition) is 7. The number of ether oxygens (including phenoxy) is 4. The highest BCUT2D eigenvalue weighted by atomic mass is 19.4. The molecule has 0 aromatic heterocycles. The van der Waals surface area contributed by atoms with Crippen molar-refractivity contribution in [1.29, 1.82) is 0 Å². The van der Waals surface area contributed by atoms with Crippen molar-refractivity contribution in [3.8, 4) is 0 Å². The standard InChI is InChI=1S/C16H17F10NO7/c1-4-9(28)31-6-5-27-11(30)32-7-8(2)33-10(29)13(18,15(22,23)24)34-16(25,26)12(3,17)14(19,20)21/h4,8H,1,5-7H2,2-3H3,(H,27,30). The number of alkyl halides is 10. The van der Waals surface area contributed by atoms with Crippen LogP contribution < -0.4 is 5.32 Å².